The fourth-order valence-corrected chi connectivity index (χ4v) is 3.74. The van der Waals surface area contributed by atoms with Gasteiger partial charge in [-0.05, 0) is 38.3 Å². The molecule has 0 saturated carbocycles. The molecule has 0 aliphatic carbocycles. The summed E-state index contributed by atoms with van der Waals surface area (Å²) in [7, 11) is 0. The molecule has 2 heterocycles. The van der Waals surface area contributed by atoms with E-state index < -0.39 is 17.7 Å². The second kappa shape index (κ2) is 9.43. The van der Waals surface area contributed by atoms with Crippen molar-refractivity contribution < 1.29 is 18.4 Å². The van der Waals surface area contributed by atoms with Crippen LogP contribution in [0.25, 0.3) is 0 Å². The first-order valence-corrected chi connectivity index (χ1v) is 9.94. The number of amides is 2. The minimum absolute atomic E-state index is 0.0241. The van der Waals surface area contributed by atoms with Gasteiger partial charge in [0.25, 0.3) is 0 Å². The molecule has 0 spiro atoms. The molecule has 6 nitrogen and oxygen atoms in total. The van der Waals surface area contributed by atoms with E-state index >= 15 is 0 Å². The lowest BCUT2D eigenvalue weighted by atomic mass is 10.1. The van der Waals surface area contributed by atoms with Crippen molar-refractivity contribution in [2.45, 2.75) is 32.2 Å². The predicted molar refractivity (Wildman–Crippen MR) is 103 cm³/mol. The third kappa shape index (κ3) is 5.26. The van der Waals surface area contributed by atoms with E-state index in [1.165, 1.54) is 12.5 Å². The van der Waals surface area contributed by atoms with Crippen LogP contribution in [0.5, 0.6) is 0 Å². The number of anilines is 1. The highest BCUT2D eigenvalue weighted by molar-refractivity contribution is 5.94. The maximum absolute atomic E-state index is 13.7. The number of carbonyl (C=O) groups excluding carboxylic acids is 2. The molecule has 2 fully saturated rings. The zero-order valence-electron chi connectivity index (χ0n) is 16.3. The number of rotatable bonds is 5. The topological polar surface area (TPSA) is 55.9 Å². The van der Waals surface area contributed by atoms with Crippen LogP contribution in [-0.2, 0) is 9.59 Å². The van der Waals surface area contributed by atoms with Gasteiger partial charge in [-0.1, -0.05) is 0 Å². The molecule has 1 aromatic carbocycles. The summed E-state index contributed by atoms with van der Waals surface area (Å²) in [6.45, 7) is 6.65. The Labute approximate surface area is 164 Å². The monoisotopic (exact) mass is 394 g/mol. The molecule has 1 aromatic rings. The number of hydrogen-bond donors (Lipinski definition) is 1. The molecule has 154 valence electrons. The fraction of sp³-hybridized carbons (Fsp3) is 0.600. The number of likely N-dealkylation sites (tertiary alicyclic amines) is 1. The van der Waals surface area contributed by atoms with Crippen molar-refractivity contribution in [3.63, 3.8) is 0 Å². The minimum atomic E-state index is -0.790. The standard InChI is InChI=1S/C20H28F2N4O2/c1-15(20(28)23-18-6-5-16(21)13-17(18)22)25-11-9-24(10-12-25)14-19(27)26-7-3-2-4-8-26/h5-6,13,15H,2-4,7-12,14H2,1H3,(H,23,28)/t15-/m1/s1. The molecule has 2 aliphatic rings. The molecule has 0 bridgehead atoms. The summed E-state index contributed by atoms with van der Waals surface area (Å²) >= 11 is 0. The molecular weight excluding hydrogens is 366 g/mol. The lowest BCUT2D eigenvalue weighted by Crippen LogP contribution is -2.54. The first kappa shape index (κ1) is 20.7. The number of hydrogen-bond acceptors (Lipinski definition) is 4. The van der Waals surface area contributed by atoms with Crippen LogP contribution < -0.4 is 5.32 Å². The maximum atomic E-state index is 13.7. The third-order valence-corrected chi connectivity index (χ3v) is 5.59. The number of benzene rings is 1. The van der Waals surface area contributed by atoms with Gasteiger partial charge in [0.2, 0.25) is 11.8 Å². The Morgan fingerprint density at radius 1 is 1.04 bits per heavy atom. The molecule has 2 saturated heterocycles. The van der Waals surface area contributed by atoms with Gasteiger partial charge in [0, 0.05) is 45.3 Å². The molecule has 0 aromatic heterocycles. The van der Waals surface area contributed by atoms with Crippen LogP contribution in [0.15, 0.2) is 18.2 Å². The first-order chi connectivity index (χ1) is 13.4. The van der Waals surface area contributed by atoms with Crippen molar-refractivity contribution in [3.8, 4) is 0 Å². The van der Waals surface area contributed by atoms with Gasteiger partial charge in [0.15, 0.2) is 0 Å². The molecule has 3 rings (SSSR count). The molecule has 2 amide bonds. The number of carbonyl (C=O) groups is 2. The van der Waals surface area contributed by atoms with Gasteiger partial charge < -0.3 is 10.2 Å². The number of nitrogens with zero attached hydrogens (tertiary/aromatic N) is 3. The van der Waals surface area contributed by atoms with Crippen LogP contribution in [0.1, 0.15) is 26.2 Å². The van der Waals surface area contributed by atoms with E-state index in [0.717, 1.165) is 38.1 Å². The van der Waals surface area contributed by atoms with Crippen molar-refractivity contribution >= 4 is 17.5 Å². The number of halogens is 2. The van der Waals surface area contributed by atoms with Gasteiger partial charge in [-0.15, -0.1) is 0 Å². The summed E-state index contributed by atoms with van der Waals surface area (Å²) in [5.41, 5.74) is -0.0241. The van der Waals surface area contributed by atoms with E-state index in [1.807, 2.05) is 9.80 Å². The number of piperazine rings is 1. The molecule has 0 unspecified atom stereocenters. The normalized spacial score (nSPS) is 20.0. The molecule has 0 radical (unpaired) electrons. The highest BCUT2D eigenvalue weighted by Crippen LogP contribution is 2.17. The smallest absolute Gasteiger partial charge is 0.241 e. The molecule has 1 N–H and O–H groups in total. The van der Waals surface area contributed by atoms with Crippen molar-refractivity contribution in [1.29, 1.82) is 0 Å². The molecule has 28 heavy (non-hydrogen) atoms. The lowest BCUT2D eigenvalue weighted by Gasteiger charge is -2.38. The first-order valence-electron chi connectivity index (χ1n) is 9.94. The van der Waals surface area contributed by atoms with Crippen LogP contribution >= 0.6 is 0 Å². The summed E-state index contributed by atoms with van der Waals surface area (Å²) in [5.74, 6) is -1.62. The summed E-state index contributed by atoms with van der Waals surface area (Å²) in [6, 6.07) is 2.64. The average molecular weight is 394 g/mol. The van der Waals surface area contributed by atoms with E-state index in [0.29, 0.717) is 32.7 Å². The molecule has 8 heteroatoms. The largest absolute Gasteiger partial charge is 0.342 e. The van der Waals surface area contributed by atoms with E-state index in [-0.39, 0.29) is 17.5 Å². The second-order valence-corrected chi connectivity index (χ2v) is 7.54. The van der Waals surface area contributed by atoms with E-state index in [2.05, 4.69) is 10.2 Å². The zero-order valence-corrected chi connectivity index (χ0v) is 16.3. The second-order valence-electron chi connectivity index (χ2n) is 7.54. The Hall–Kier alpha value is -2.06. The maximum Gasteiger partial charge on any atom is 0.241 e. The van der Waals surface area contributed by atoms with Crippen LogP contribution in [0, 0.1) is 11.6 Å². The molecule has 2 aliphatic heterocycles. The number of nitrogens with one attached hydrogen (secondary N) is 1. The van der Waals surface area contributed by atoms with Crippen LogP contribution in [0.2, 0.25) is 0 Å². The quantitative estimate of drug-likeness (QED) is 0.829. The highest BCUT2D eigenvalue weighted by atomic mass is 19.1. The zero-order chi connectivity index (χ0) is 20.1. The van der Waals surface area contributed by atoms with Crippen molar-refractivity contribution in [2.75, 3.05) is 51.1 Å². The van der Waals surface area contributed by atoms with Crippen molar-refractivity contribution in [3.05, 3.63) is 29.8 Å². The Morgan fingerprint density at radius 2 is 1.71 bits per heavy atom. The van der Waals surface area contributed by atoms with Gasteiger partial charge >= 0.3 is 0 Å². The van der Waals surface area contributed by atoms with Gasteiger partial charge in [0.05, 0.1) is 18.3 Å². The molecule has 1 atom stereocenters. The average Bonchev–Trinajstić information content (AvgIpc) is 2.70. The minimum Gasteiger partial charge on any atom is -0.342 e. The van der Waals surface area contributed by atoms with E-state index in [9.17, 15) is 18.4 Å². The Kier molecular flexibility index (Phi) is 6.96. The van der Waals surface area contributed by atoms with Gasteiger partial charge in [-0.2, -0.15) is 0 Å². The summed E-state index contributed by atoms with van der Waals surface area (Å²) in [5, 5.41) is 2.52. The van der Waals surface area contributed by atoms with Crippen molar-refractivity contribution in [1.82, 2.24) is 14.7 Å². The van der Waals surface area contributed by atoms with Gasteiger partial charge in [-0.3, -0.25) is 19.4 Å². The Balaban J connectivity index is 1.45. The molecular formula is C20H28F2N4O2. The van der Waals surface area contributed by atoms with Gasteiger partial charge in [-0.25, -0.2) is 8.78 Å². The van der Waals surface area contributed by atoms with E-state index in [1.54, 1.807) is 6.92 Å². The fourth-order valence-electron chi connectivity index (χ4n) is 3.74. The SMILES string of the molecule is C[C@H](C(=O)Nc1ccc(F)cc1F)N1CCN(CC(=O)N2CCCCC2)CC1. The summed E-state index contributed by atoms with van der Waals surface area (Å²) < 4.78 is 26.7. The Morgan fingerprint density at radius 3 is 2.36 bits per heavy atom. The Bertz CT molecular complexity index is 701. The summed E-state index contributed by atoms with van der Waals surface area (Å²) in [4.78, 5) is 30.9. The third-order valence-electron chi connectivity index (χ3n) is 5.59. The lowest BCUT2D eigenvalue weighted by molar-refractivity contribution is -0.134. The predicted octanol–water partition coefficient (Wildman–Crippen LogP) is 1.92. The highest BCUT2D eigenvalue weighted by Gasteiger charge is 2.28. The van der Waals surface area contributed by atoms with Crippen molar-refractivity contribution in [2.24, 2.45) is 0 Å². The summed E-state index contributed by atoms with van der Waals surface area (Å²) in [6.07, 6.45) is 3.37. The number of piperidine rings is 1. The van der Waals surface area contributed by atoms with Crippen LogP contribution in [0.4, 0.5) is 14.5 Å². The van der Waals surface area contributed by atoms with Crippen LogP contribution in [0.3, 0.4) is 0 Å². The van der Waals surface area contributed by atoms with Crippen LogP contribution in [-0.4, -0.2) is 78.4 Å². The van der Waals surface area contributed by atoms with Gasteiger partial charge in [0.1, 0.15) is 11.6 Å². The van der Waals surface area contributed by atoms with E-state index in [4.69, 9.17) is 0 Å².